The molecule has 2 aromatic carbocycles. The smallest absolute Gasteiger partial charge is 0.244 e. The minimum absolute atomic E-state index is 0.115. The van der Waals surface area contributed by atoms with Gasteiger partial charge in [-0.3, -0.25) is 4.79 Å². The van der Waals surface area contributed by atoms with Gasteiger partial charge in [-0.05, 0) is 36.8 Å². The Morgan fingerprint density at radius 3 is 2.82 bits per heavy atom. The number of rotatable bonds is 4. The molecule has 1 aromatic heterocycles. The number of aliphatic hydroxyl groups is 1. The second-order valence-corrected chi connectivity index (χ2v) is 5.18. The number of para-hydroxylation sites is 2. The Hall–Kier alpha value is -2.66. The number of anilines is 1. The zero-order valence-electron chi connectivity index (χ0n) is 12.3. The molecule has 0 unspecified atom stereocenters. The number of imidazole rings is 1. The van der Waals surface area contributed by atoms with E-state index in [0.29, 0.717) is 5.82 Å². The van der Waals surface area contributed by atoms with Crippen molar-refractivity contribution in [3.05, 3.63) is 59.9 Å². The van der Waals surface area contributed by atoms with Gasteiger partial charge in [-0.2, -0.15) is 0 Å². The molecule has 0 aliphatic rings. The van der Waals surface area contributed by atoms with Gasteiger partial charge in [0.25, 0.3) is 0 Å². The van der Waals surface area contributed by atoms with Gasteiger partial charge >= 0.3 is 0 Å². The lowest BCUT2D eigenvalue weighted by Gasteiger charge is -2.09. The summed E-state index contributed by atoms with van der Waals surface area (Å²) in [6.45, 7) is 1.89. The highest BCUT2D eigenvalue weighted by molar-refractivity contribution is 5.91. The van der Waals surface area contributed by atoms with Gasteiger partial charge in [0.05, 0.1) is 11.0 Å². The summed E-state index contributed by atoms with van der Waals surface area (Å²) in [5.41, 5.74) is 3.46. The standard InChI is InChI=1S/C17H17N3O2/c1-12-5-4-6-13(9-12)18-17(22)10-20-15-8-3-2-7-14(15)19-16(20)11-21/h2-9,21H,10-11H2,1H3,(H,18,22). The van der Waals surface area contributed by atoms with Crippen molar-refractivity contribution >= 4 is 22.6 Å². The molecule has 0 aliphatic carbocycles. The van der Waals surface area contributed by atoms with Crippen LogP contribution in [0.25, 0.3) is 11.0 Å². The molecule has 0 radical (unpaired) electrons. The van der Waals surface area contributed by atoms with Gasteiger partial charge in [0.1, 0.15) is 19.0 Å². The van der Waals surface area contributed by atoms with Crippen molar-refractivity contribution in [3.8, 4) is 0 Å². The molecule has 112 valence electrons. The number of carbonyl (C=O) groups is 1. The number of carbonyl (C=O) groups excluding carboxylic acids is 1. The quantitative estimate of drug-likeness (QED) is 0.777. The Bertz CT molecular complexity index is 824. The normalized spacial score (nSPS) is 10.8. The molecule has 0 aliphatic heterocycles. The molecule has 0 fully saturated rings. The van der Waals surface area contributed by atoms with E-state index in [-0.39, 0.29) is 19.1 Å². The summed E-state index contributed by atoms with van der Waals surface area (Å²) >= 11 is 0. The highest BCUT2D eigenvalue weighted by Gasteiger charge is 2.12. The molecule has 0 spiro atoms. The van der Waals surface area contributed by atoms with Gasteiger partial charge in [0.15, 0.2) is 0 Å². The first kappa shape index (κ1) is 14.3. The van der Waals surface area contributed by atoms with E-state index in [2.05, 4.69) is 10.3 Å². The van der Waals surface area contributed by atoms with E-state index in [1.54, 1.807) is 4.57 Å². The summed E-state index contributed by atoms with van der Waals surface area (Å²) in [4.78, 5) is 16.6. The molecule has 22 heavy (non-hydrogen) atoms. The number of nitrogens with zero attached hydrogens (tertiary/aromatic N) is 2. The maximum absolute atomic E-state index is 12.3. The molecule has 0 bridgehead atoms. The Morgan fingerprint density at radius 2 is 2.05 bits per heavy atom. The Balaban J connectivity index is 1.85. The summed E-state index contributed by atoms with van der Waals surface area (Å²) in [6.07, 6.45) is 0. The Labute approximate surface area is 128 Å². The monoisotopic (exact) mass is 295 g/mol. The number of benzene rings is 2. The molecular weight excluding hydrogens is 278 g/mol. The van der Waals surface area contributed by atoms with Crippen LogP contribution in [0.4, 0.5) is 5.69 Å². The van der Waals surface area contributed by atoms with Crippen LogP contribution in [-0.4, -0.2) is 20.6 Å². The zero-order chi connectivity index (χ0) is 15.5. The summed E-state index contributed by atoms with van der Waals surface area (Å²) in [6, 6.07) is 15.2. The lowest BCUT2D eigenvalue weighted by Crippen LogP contribution is -2.20. The van der Waals surface area contributed by atoms with Crippen molar-refractivity contribution in [2.45, 2.75) is 20.1 Å². The number of aliphatic hydroxyl groups excluding tert-OH is 1. The van der Waals surface area contributed by atoms with Crippen LogP contribution >= 0.6 is 0 Å². The average molecular weight is 295 g/mol. The number of amides is 1. The summed E-state index contributed by atoms with van der Waals surface area (Å²) < 4.78 is 1.74. The van der Waals surface area contributed by atoms with Crippen molar-refractivity contribution in [1.82, 2.24) is 9.55 Å². The minimum atomic E-state index is -0.202. The highest BCUT2D eigenvalue weighted by atomic mass is 16.3. The molecule has 5 heteroatoms. The van der Waals surface area contributed by atoms with Crippen LogP contribution in [0.1, 0.15) is 11.4 Å². The predicted molar refractivity (Wildman–Crippen MR) is 85.5 cm³/mol. The third kappa shape index (κ3) is 2.84. The van der Waals surface area contributed by atoms with E-state index >= 15 is 0 Å². The number of hydrogen-bond donors (Lipinski definition) is 2. The van der Waals surface area contributed by atoms with Gasteiger partial charge in [-0.15, -0.1) is 0 Å². The SMILES string of the molecule is Cc1cccc(NC(=O)Cn2c(CO)nc3ccccc32)c1. The first-order valence-corrected chi connectivity index (χ1v) is 7.09. The Morgan fingerprint density at radius 1 is 1.23 bits per heavy atom. The molecule has 1 amide bonds. The van der Waals surface area contributed by atoms with Crippen molar-refractivity contribution in [2.24, 2.45) is 0 Å². The largest absolute Gasteiger partial charge is 0.388 e. The van der Waals surface area contributed by atoms with Crippen LogP contribution in [0.15, 0.2) is 48.5 Å². The summed E-state index contributed by atoms with van der Waals surface area (Å²) in [5.74, 6) is 0.337. The maximum Gasteiger partial charge on any atom is 0.244 e. The fraction of sp³-hybridized carbons (Fsp3) is 0.176. The van der Waals surface area contributed by atoms with E-state index in [4.69, 9.17) is 0 Å². The number of aromatic nitrogens is 2. The molecule has 0 saturated heterocycles. The zero-order valence-corrected chi connectivity index (χ0v) is 12.3. The third-order valence-corrected chi connectivity index (χ3v) is 3.48. The van der Waals surface area contributed by atoms with Crippen LogP contribution < -0.4 is 5.32 Å². The first-order chi connectivity index (χ1) is 10.7. The van der Waals surface area contributed by atoms with Crippen LogP contribution in [-0.2, 0) is 17.9 Å². The highest BCUT2D eigenvalue weighted by Crippen LogP contribution is 2.16. The van der Waals surface area contributed by atoms with E-state index < -0.39 is 0 Å². The predicted octanol–water partition coefficient (Wildman–Crippen LogP) is 2.48. The molecule has 5 nitrogen and oxygen atoms in total. The van der Waals surface area contributed by atoms with Crippen molar-refractivity contribution in [1.29, 1.82) is 0 Å². The van der Waals surface area contributed by atoms with Gasteiger partial charge in [-0.25, -0.2) is 4.98 Å². The van der Waals surface area contributed by atoms with E-state index in [1.165, 1.54) is 0 Å². The fourth-order valence-electron chi connectivity index (χ4n) is 2.49. The molecule has 3 rings (SSSR count). The van der Waals surface area contributed by atoms with Crippen LogP contribution in [0.2, 0.25) is 0 Å². The summed E-state index contributed by atoms with van der Waals surface area (Å²) in [7, 11) is 0. The van der Waals surface area contributed by atoms with Gasteiger partial charge in [-0.1, -0.05) is 24.3 Å². The van der Waals surface area contributed by atoms with E-state index in [9.17, 15) is 9.90 Å². The summed E-state index contributed by atoms with van der Waals surface area (Å²) in [5, 5.41) is 12.3. The molecule has 3 aromatic rings. The second-order valence-electron chi connectivity index (χ2n) is 5.18. The molecule has 2 N–H and O–H groups in total. The number of nitrogens with one attached hydrogen (secondary N) is 1. The van der Waals surface area contributed by atoms with Gasteiger partial charge < -0.3 is 15.0 Å². The van der Waals surface area contributed by atoms with Crippen molar-refractivity contribution in [2.75, 3.05) is 5.32 Å². The van der Waals surface area contributed by atoms with E-state index in [0.717, 1.165) is 22.3 Å². The van der Waals surface area contributed by atoms with Crippen LogP contribution in [0, 0.1) is 6.92 Å². The number of hydrogen-bond acceptors (Lipinski definition) is 3. The molecular formula is C17H17N3O2. The first-order valence-electron chi connectivity index (χ1n) is 7.09. The van der Waals surface area contributed by atoms with Gasteiger partial charge in [0.2, 0.25) is 5.91 Å². The minimum Gasteiger partial charge on any atom is -0.388 e. The van der Waals surface area contributed by atoms with E-state index in [1.807, 2.05) is 55.5 Å². The maximum atomic E-state index is 12.3. The van der Waals surface area contributed by atoms with Crippen molar-refractivity contribution in [3.63, 3.8) is 0 Å². The molecule has 0 atom stereocenters. The van der Waals surface area contributed by atoms with Crippen LogP contribution in [0.5, 0.6) is 0 Å². The fourth-order valence-corrected chi connectivity index (χ4v) is 2.49. The average Bonchev–Trinajstić information content (AvgIpc) is 2.85. The lowest BCUT2D eigenvalue weighted by molar-refractivity contribution is -0.116. The Kier molecular flexibility index (Phi) is 3.89. The number of fused-ring (bicyclic) bond motifs is 1. The topological polar surface area (TPSA) is 67.2 Å². The molecule has 0 saturated carbocycles. The second kappa shape index (κ2) is 5.99. The van der Waals surface area contributed by atoms with Gasteiger partial charge in [0, 0.05) is 5.69 Å². The number of aryl methyl sites for hydroxylation is 1. The van der Waals surface area contributed by atoms with Crippen LogP contribution in [0.3, 0.4) is 0 Å². The van der Waals surface area contributed by atoms with Crippen molar-refractivity contribution < 1.29 is 9.90 Å². The molecule has 1 heterocycles. The lowest BCUT2D eigenvalue weighted by atomic mass is 10.2. The third-order valence-electron chi connectivity index (χ3n) is 3.48.